The second-order valence-electron chi connectivity index (χ2n) is 2.73. The average Bonchev–Trinajstić information content (AvgIpc) is 2.14. The number of rotatable bonds is 8. The molecule has 0 spiro atoms. The van der Waals surface area contributed by atoms with Gasteiger partial charge >= 0.3 is 67.1 Å². The van der Waals surface area contributed by atoms with E-state index in [9.17, 15) is 9.67 Å². The van der Waals surface area contributed by atoms with Crippen molar-refractivity contribution < 1.29 is 78.4 Å². The summed E-state index contributed by atoms with van der Waals surface area (Å²) in [4.78, 5) is 0. The average molecular weight is 254 g/mol. The number of aliphatic hydroxyl groups is 2. The molecule has 78 valence electrons. The van der Waals surface area contributed by atoms with Gasteiger partial charge in [-0.05, 0) is 23.8 Å². The molecule has 0 aromatic heterocycles. The van der Waals surface area contributed by atoms with Crippen LogP contribution in [0.5, 0.6) is 0 Å². The van der Waals surface area contributed by atoms with E-state index in [1.807, 2.05) is 0 Å². The van der Waals surface area contributed by atoms with Gasteiger partial charge in [0.1, 0.15) is 6.61 Å². The molecule has 7 heteroatoms. The molecule has 2 unspecified atom stereocenters. The van der Waals surface area contributed by atoms with E-state index < -0.39 is 14.1 Å². The molecule has 0 bridgehead atoms. The van der Waals surface area contributed by atoms with E-state index in [1.165, 1.54) is 0 Å². The fourth-order valence-electron chi connectivity index (χ4n) is 0.809. The maximum absolute atomic E-state index is 10.8. The number of hydrogen-bond acceptors (Lipinski definition) is 4. The third-order valence-corrected chi connectivity index (χ3v) is 2.34. The van der Waals surface area contributed by atoms with E-state index in [0.29, 0.717) is 12.8 Å². The largest absolute Gasteiger partial charge is 1.00 e. The summed E-state index contributed by atoms with van der Waals surface area (Å²) in [5, 5.41) is 17.7. The van der Waals surface area contributed by atoms with Gasteiger partial charge in [-0.3, -0.25) is 6.92 Å². The molecule has 0 aliphatic rings. The van der Waals surface area contributed by atoms with Crippen LogP contribution in [0.3, 0.4) is 0 Å². The Morgan fingerprint density at radius 2 is 1.93 bits per heavy atom. The molecule has 15 heavy (non-hydrogen) atoms. The minimum absolute atomic E-state index is 0. The van der Waals surface area contributed by atoms with Gasteiger partial charge in [-0.25, -0.2) is 0 Å². The molecule has 2 N–H and O–H groups in total. The molecule has 2 atom stereocenters. The van der Waals surface area contributed by atoms with Crippen LogP contribution in [0.4, 0.5) is 0 Å². The van der Waals surface area contributed by atoms with Crippen molar-refractivity contribution in [3.05, 3.63) is 6.92 Å². The molecule has 0 aliphatic heterocycles. The number of aliphatic hydroxyl groups excluding tert-OH is 2. The Morgan fingerprint density at radius 1 is 1.33 bits per heavy atom. The molecule has 0 saturated heterocycles. The summed E-state index contributed by atoms with van der Waals surface area (Å²) < 4.78 is 15.6. The van der Waals surface area contributed by atoms with E-state index >= 15 is 0 Å². The maximum atomic E-state index is 10.8. The van der Waals surface area contributed by atoms with Gasteiger partial charge in [-0.15, -0.1) is 4.52 Å². The fourth-order valence-corrected chi connectivity index (χ4v) is 1.28. The van der Waals surface area contributed by atoms with Crippen LogP contribution in [-0.4, -0.2) is 35.7 Å². The van der Waals surface area contributed by atoms with Crippen LogP contribution >= 0.6 is 8.03 Å². The van der Waals surface area contributed by atoms with E-state index in [0.717, 1.165) is 6.42 Å². The molecule has 0 amide bonds. The molecule has 0 saturated carbocycles. The van der Waals surface area contributed by atoms with Gasteiger partial charge < -0.3 is 10.2 Å². The van der Waals surface area contributed by atoms with E-state index in [1.54, 1.807) is 0 Å². The fraction of sp³-hybridized carbons (Fsp3) is 0.875. The van der Waals surface area contributed by atoms with Crippen LogP contribution in [0, 0.1) is 6.92 Å². The molecular formula is C8H17Na2O4P+2. The standard InChI is InChI=1S/C8H17O4P.2Na/c1-2-13(11)12-7-8(10)5-3-4-6-9;;/h8-10H,1-7H2;;/q;2*+1. The first-order valence-electron chi connectivity index (χ1n) is 4.36. The SMILES string of the molecule is [CH2-]C[P+](=O)OCC(O)CCCCO.[Na+].[Na+]. The van der Waals surface area contributed by atoms with Crippen molar-refractivity contribution in [1.29, 1.82) is 0 Å². The van der Waals surface area contributed by atoms with Crippen molar-refractivity contribution in [2.24, 2.45) is 0 Å². The molecule has 0 heterocycles. The molecule has 0 fully saturated rings. The molecule has 0 rings (SSSR count). The van der Waals surface area contributed by atoms with Gasteiger partial charge in [0.15, 0.2) is 0 Å². The maximum Gasteiger partial charge on any atom is 1.00 e. The van der Waals surface area contributed by atoms with Crippen LogP contribution in [0.2, 0.25) is 0 Å². The number of unbranched alkanes of at least 4 members (excludes halogenated alkanes) is 1. The van der Waals surface area contributed by atoms with E-state index in [-0.39, 0.29) is 78.5 Å². The van der Waals surface area contributed by atoms with Crippen molar-refractivity contribution >= 4 is 8.03 Å². The summed E-state index contributed by atoms with van der Waals surface area (Å²) >= 11 is 0. The van der Waals surface area contributed by atoms with Crippen molar-refractivity contribution in [1.82, 2.24) is 0 Å². The second kappa shape index (κ2) is 16.0. The van der Waals surface area contributed by atoms with Crippen molar-refractivity contribution in [2.75, 3.05) is 19.4 Å². The summed E-state index contributed by atoms with van der Waals surface area (Å²) in [6, 6.07) is 0. The molecule has 0 aromatic rings. The molecular weight excluding hydrogens is 237 g/mol. The Balaban J connectivity index is -0.000000720. The van der Waals surface area contributed by atoms with E-state index in [2.05, 4.69) is 6.92 Å². The Labute approximate surface area is 137 Å². The van der Waals surface area contributed by atoms with E-state index in [4.69, 9.17) is 9.63 Å². The Morgan fingerprint density at radius 3 is 2.40 bits per heavy atom. The Hall–Kier alpha value is 1.98. The predicted octanol–water partition coefficient (Wildman–Crippen LogP) is -4.89. The summed E-state index contributed by atoms with van der Waals surface area (Å²) in [5.41, 5.74) is 0. The van der Waals surface area contributed by atoms with Gasteiger partial charge in [0, 0.05) is 6.61 Å². The van der Waals surface area contributed by atoms with Crippen molar-refractivity contribution in [3.8, 4) is 0 Å². The summed E-state index contributed by atoms with van der Waals surface area (Å²) in [7, 11) is -1.70. The molecule has 0 aliphatic carbocycles. The van der Waals surface area contributed by atoms with Crippen LogP contribution < -0.4 is 59.1 Å². The third-order valence-electron chi connectivity index (χ3n) is 1.54. The predicted molar refractivity (Wildman–Crippen MR) is 50.7 cm³/mol. The van der Waals surface area contributed by atoms with Crippen LogP contribution in [-0.2, 0) is 9.09 Å². The Kier molecular flexibility index (Phi) is 23.6. The van der Waals surface area contributed by atoms with Crippen LogP contribution in [0.1, 0.15) is 19.3 Å². The number of hydrogen-bond donors (Lipinski definition) is 2. The van der Waals surface area contributed by atoms with Gasteiger partial charge in [-0.1, -0.05) is 0 Å². The quantitative estimate of drug-likeness (QED) is 0.197. The monoisotopic (exact) mass is 254 g/mol. The zero-order valence-electron chi connectivity index (χ0n) is 9.69. The van der Waals surface area contributed by atoms with Gasteiger partial charge in [-0.2, -0.15) is 0 Å². The first kappa shape index (κ1) is 22.2. The topological polar surface area (TPSA) is 66.8 Å². The first-order chi connectivity index (χ1) is 6.20. The first-order valence-corrected chi connectivity index (χ1v) is 5.72. The molecule has 0 aromatic carbocycles. The smallest absolute Gasteiger partial charge is 0.396 e. The minimum atomic E-state index is -1.70. The van der Waals surface area contributed by atoms with Crippen LogP contribution in [0.25, 0.3) is 0 Å². The Bertz CT molecular complexity index is 149. The minimum Gasteiger partial charge on any atom is -0.396 e. The summed E-state index contributed by atoms with van der Waals surface area (Å²) in [6.07, 6.45) is 1.65. The third kappa shape index (κ3) is 16.0. The summed E-state index contributed by atoms with van der Waals surface area (Å²) in [5.74, 6) is 0. The zero-order valence-corrected chi connectivity index (χ0v) is 14.6. The summed E-state index contributed by atoms with van der Waals surface area (Å²) in [6.45, 7) is 3.65. The van der Waals surface area contributed by atoms with Gasteiger partial charge in [0.25, 0.3) is 0 Å². The van der Waals surface area contributed by atoms with Crippen molar-refractivity contribution in [3.63, 3.8) is 0 Å². The zero-order chi connectivity index (χ0) is 10.1. The van der Waals surface area contributed by atoms with Crippen LogP contribution in [0.15, 0.2) is 0 Å². The normalized spacial score (nSPS) is 12.3. The van der Waals surface area contributed by atoms with Gasteiger partial charge in [0.05, 0.1) is 12.3 Å². The van der Waals surface area contributed by atoms with Crippen molar-refractivity contribution in [2.45, 2.75) is 25.4 Å². The second-order valence-corrected chi connectivity index (χ2v) is 4.10. The molecule has 0 radical (unpaired) electrons. The van der Waals surface area contributed by atoms with Gasteiger partial charge in [0.2, 0.25) is 0 Å². The molecule has 4 nitrogen and oxygen atoms in total.